The van der Waals surface area contributed by atoms with Crippen molar-refractivity contribution in [2.75, 3.05) is 19.8 Å². The highest BCUT2D eigenvalue weighted by molar-refractivity contribution is 5.94. The second kappa shape index (κ2) is 14.0. The van der Waals surface area contributed by atoms with E-state index >= 15 is 0 Å². The normalized spacial score (nSPS) is 13.0. The Labute approximate surface area is 251 Å². The molecule has 0 aromatic heterocycles. The van der Waals surface area contributed by atoms with Crippen LogP contribution in [0.3, 0.4) is 0 Å². The Bertz CT molecular complexity index is 1570. The van der Waals surface area contributed by atoms with E-state index in [2.05, 4.69) is 20.1 Å². The van der Waals surface area contributed by atoms with Crippen molar-refractivity contribution in [2.45, 2.75) is 46.0 Å². The highest BCUT2D eigenvalue weighted by Gasteiger charge is 2.27. The first-order valence-corrected chi connectivity index (χ1v) is 14.2. The lowest BCUT2D eigenvalue weighted by atomic mass is 9.99. The molecule has 0 saturated heterocycles. The zero-order chi connectivity index (χ0) is 31.1. The Kier molecular flexibility index (Phi) is 10.2. The molecule has 1 atom stereocenters. The zero-order valence-electron chi connectivity index (χ0n) is 24.7. The largest absolute Gasteiger partial charge is 0.494 e. The fraction of sp³-hybridized carbons (Fsp3) is 0.286. The quantitative estimate of drug-likeness (QED) is 0.107. The molecule has 8 heteroatoms. The summed E-state index contributed by atoms with van der Waals surface area (Å²) in [6.07, 6.45) is 1.88. The summed E-state index contributed by atoms with van der Waals surface area (Å²) >= 11 is 0. The number of carbonyl (C=O) groups excluding carboxylic acids is 3. The average molecular weight is 585 g/mol. The van der Waals surface area contributed by atoms with Crippen LogP contribution in [0.5, 0.6) is 17.2 Å². The molecule has 224 valence electrons. The lowest BCUT2D eigenvalue weighted by molar-refractivity contribution is -0.139. The van der Waals surface area contributed by atoms with Crippen LogP contribution in [-0.4, -0.2) is 42.8 Å². The van der Waals surface area contributed by atoms with Gasteiger partial charge in [-0.2, -0.15) is 0 Å². The van der Waals surface area contributed by atoms with E-state index in [0.29, 0.717) is 48.5 Å². The summed E-state index contributed by atoms with van der Waals surface area (Å²) in [5.41, 5.74) is 5.82. The number of rotatable bonds is 13. The highest BCUT2D eigenvalue weighted by atomic mass is 16.5. The number of hydrogen-bond donors (Lipinski definition) is 1. The van der Waals surface area contributed by atoms with Crippen molar-refractivity contribution in [1.82, 2.24) is 0 Å². The van der Waals surface area contributed by atoms with Gasteiger partial charge in [-0.15, -0.1) is 0 Å². The zero-order valence-corrected chi connectivity index (χ0v) is 24.7. The second-order valence-corrected chi connectivity index (χ2v) is 10.4. The first-order valence-electron chi connectivity index (χ1n) is 14.2. The van der Waals surface area contributed by atoms with Gasteiger partial charge in [0, 0.05) is 11.5 Å². The van der Waals surface area contributed by atoms with Crippen molar-refractivity contribution in [3.63, 3.8) is 0 Å². The van der Waals surface area contributed by atoms with Gasteiger partial charge in [0.05, 0.1) is 31.0 Å². The molecule has 0 aliphatic heterocycles. The van der Waals surface area contributed by atoms with Gasteiger partial charge in [0.2, 0.25) is 0 Å². The minimum absolute atomic E-state index is 0.0375. The Morgan fingerprint density at radius 1 is 0.814 bits per heavy atom. The molecule has 1 unspecified atom stereocenters. The van der Waals surface area contributed by atoms with Crippen molar-refractivity contribution >= 4 is 17.9 Å². The standard InChI is InChI=1S/C35H36O8/c1-6-24-17-26(42-33(37)21(2)3)10-12-28(24)35(39)43-27-11-14-30-29-13-9-25(18-31(29)23(5)32(30)19-27)40-15-7-8-16-41-34(38)22(4)20-36/h9-14,17-19,23,36H,2,4,6-8,15-16,20H2,1,3,5H3. The number of esters is 3. The fourth-order valence-electron chi connectivity index (χ4n) is 4.82. The molecule has 0 saturated carbocycles. The molecule has 0 spiro atoms. The highest BCUT2D eigenvalue weighted by Crippen LogP contribution is 2.47. The van der Waals surface area contributed by atoms with Gasteiger partial charge in [-0.05, 0) is 96.5 Å². The molecular formula is C35H36O8. The predicted molar refractivity (Wildman–Crippen MR) is 163 cm³/mol. The molecule has 1 aliphatic rings. The summed E-state index contributed by atoms with van der Waals surface area (Å²) in [7, 11) is 0. The summed E-state index contributed by atoms with van der Waals surface area (Å²) in [6, 6.07) is 16.5. The number of benzene rings is 3. The SMILES string of the molecule is C=C(C)C(=O)Oc1ccc(C(=O)Oc2ccc3c(c2)C(C)c2cc(OCCCCOC(=O)C(=C)CO)ccc2-3)c(CC)c1. The molecule has 1 aliphatic carbocycles. The van der Waals surface area contributed by atoms with Gasteiger partial charge in [-0.3, -0.25) is 0 Å². The molecule has 0 radical (unpaired) electrons. The molecule has 4 rings (SSSR count). The number of aliphatic hydroxyl groups is 1. The lowest BCUT2D eigenvalue weighted by Gasteiger charge is -2.12. The van der Waals surface area contributed by atoms with Gasteiger partial charge in [-0.25, -0.2) is 14.4 Å². The van der Waals surface area contributed by atoms with E-state index in [0.717, 1.165) is 28.0 Å². The topological polar surface area (TPSA) is 108 Å². The molecule has 0 amide bonds. The van der Waals surface area contributed by atoms with Crippen LogP contribution in [0.25, 0.3) is 11.1 Å². The van der Waals surface area contributed by atoms with Crippen molar-refractivity contribution < 1.29 is 38.4 Å². The molecule has 43 heavy (non-hydrogen) atoms. The van der Waals surface area contributed by atoms with E-state index < -0.39 is 24.5 Å². The summed E-state index contributed by atoms with van der Waals surface area (Å²) in [5, 5.41) is 8.91. The Morgan fingerprint density at radius 2 is 1.42 bits per heavy atom. The Hall–Kier alpha value is -4.69. The minimum Gasteiger partial charge on any atom is -0.494 e. The number of carbonyl (C=O) groups is 3. The Balaban J connectivity index is 1.37. The molecule has 3 aromatic rings. The number of aliphatic hydroxyl groups excluding tert-OH is 1. The van der Waals surface area contributed by atoms with E-state index in [9.17, 15) is 14.4 Å². The van der Waals surface area contributed by atoms with Crippen LogP contribution in [0.2, 0.25) is 0 Å². The molecular weight excluding hydrogens is 548 g/mol. The molecule has 8 nitrogen and oxygen atoms in total. The van der Waals surface area contributed by atoms with Crippen molar-refractivity contribution in [3.8, 4) is 28.4 Å². The summed E-state index contributed by atoms with van der Waals surface area (Å²) in [4.78, 5) is 36.5. The molecule has 1 N–H and O–H groups in total. The van der Waals surface area contributed by atoms with Crippen molar-refractivity contribution in [2.24, 2.45) is 0 Å². The number of aryl methyl sites for hydroxylation is 1. The van der Waals surface area contributed by atoms with Gasteiger partial charge in [0.25, 0.3) is 0 Å². The monoisotopic (exact) mass is 584 g/mol. The fourth-order valence-corrected chi connectivity index (χ4v) is 4.82. The molecule has 0 heterocycles. The van der Waals surface area contributed by atoms with Crippen LogP contribution < -0.4 is 14.2 Å². The van der Waals surface area contributed by atoms with Crippen LogP contribution in [0.1, 0.15) is 66.6 Å². The summed E-state index contributed by atoms with van der Waals surface area (Å²) < 4.78 is 22.1. The third-order valence-corrected chi connectivity index (χ3v) is 7.24. The van der Waals surface area contributed by atoms with Gasteiger partial charge < -0.3 is 24.1 Å². The number of hydrogen-bond acceptors (Lipinski definition) is 8. The predicted octanol–water partition coefficient (Wildman–Crippen LogP) is 6.33. The van der Waals surface area contributed by atoms with Gasteiger partial charge in [0.1, 0.15) is 17.2 Å². The second-order valence-electron chi connectivity index (χ2n) is 10.4. The molecule has 0 fully saturated rings. The smallest absolute Gasteiger partial charge is 0.343 e. The van der Waals surface area contributed by atoms with E-state index in [-0.39, 0.29) is 23.7 Å². The third-order valence-electron chi connectivity index (χ3n) is 7.24. The molecule has 0 bridgehead atoms. The number of fused-ring (bicyclic) bond motifs is 3. The van der Waals surface area contributed by atoms with E-state index in [1.165, 1.54) is 0 Å². The number of ether oxygens (including phenoxy) is 4. The maximum absolute atomic E-state index is 13.1. The maximum atomic E-state index is 13.1. The number of unbranched alkanes of at least 4 members (excludes halogenated alkanes) is 1. The average Bonchev–Trinajstić information content (AvgIpc) is 3.28. The first kappa shape index (κ1) is 31.3. The van der Waals surface area contributed by atoms with Crippen molar-refractivity contribution in [3.05, 3.63) is 101 Å². The summed E-state index contributed by atoms with van der Waals surface area (Å²) in [5.74, 6) is 0.0212. The van der Waals surface area contributed by atoms with E-state index in [1.807, 2.05) is 37.3 Å². The van der Waals surface area contributed by atoms with Crippen LogP contribution in [0.4, 0.5) is 0 Å². The maximum Gasteiger partial charge on any atom is 0.343 e. The van der Waals surface area contributed by atoms with Gasteiger partial charge in [0.15, 0.2) is 0 Å². The van der Waals surface area contributed by atoms with E-state index in [4.69, 9.17) is 24.1 Å². The van der Waals surface area contributed by atoms with Crippen LogP contribution in [0, 0.1) is 0 Å². The lowest BCUT2D eigenvalue weighted by Crippen LogP contribution is -2.13. The summed E-state index contributed by atoms with van der Waals surface area (Å²) in [6.45, 7) is 12.9. The third kappa shape index (κ3) is 7.40. The molecule has 3 aromatic carbocycles. The van der Waals surface area contributed by atoms with E-state index in [1.54, 1.807) is 31.2 Å². The first-order chi connectivity index (χ1) is 20.6. The van der Waals surface area contributed by atoms with Crippen LogP contribution in [-0.2, 0) is 20.7 Å². The van der Waals surface area contributed by atoms with Gasteiger partial charge >= 0.3 is 17.9 Å². The van der Waals surface area contributed by atoms with Gasteiger partial charge in [-0.1, -0.05) is 39.1 Å². The van der Waals surface area contributed by atoms with Crippen LogP contribution in [0.15, 0.2) is 78.9 Å². The van der Waals surface area contributed by atoms with Crippen molar-refractivity contribution in [1.29, 1.82) is 0 Å². The Morgan fingerprint density at radius 3 is 2.07 bits per heavy atom. The minimum atomic E-state index is -0.586. The van der Waals surface area contributed by atoms with Crippen LogP contribution >= 0.6 is 0 Å².